The van der Waals surface area contributed by atoms with Gasteiger partial charge >= 0.3 is 84.4 Å². The SMILES string of the molecule is COCCOC.F[P-](F)(F)(F)(F)F.[K+]. The summed E-state index contributed by atoms with van der Waals surface area (Å²) in [5.41, 5.74) is 0. The molecule has 0 aliphatic carbocycles. The molecule has 0 aromatic heterocycles. The number of rotatable bonds is 3. The fourth-order valence-electron chi connectivity index (χ4n) is 0.167. The minimum absolute atomic E-state index is 0. The first kappa shape index (κ1) is 20.9. The molecule has 14 heavy (non-hydrogen) atoms. The molecule has 0 N–H and O–H groups in total. The molecule has 0 bridgehead atoms. The molecule has 0 spiro atoms. The fraction of sp³-hybridized carbons (Fsp3) is 1.00. The molecule has 0 amide bonds. The first-order chi connectivity index (χ1) is 5.36. The Morgan fingerprint density at radius 1 is 0.786 bits per heavy atom. The van der Waals surface area contributed by atoms with E-state index < -0.39 is 7.81 Å². The molecule has 2 nitrogen and oxygen atoms in total. The largest absolute Gasteiger partial charge is 1.00 e. The van der Waals surface area contributed by atoms with Gasteiger partial charge in [-0.3, -0.25) is 0 Å². The number of hydrogen-bond donors (Lipinski definition) is 0. The zero-order valence-corrected chi connectivity index (χ0v) is 12.0. The molecule has 0 atom stereocenters. The van der Waals surface area contributed by atoms with Gasteiger partial charge in [0.2, 0.25) is 0 Å². The summed E-state index contributed by atoms with van der Waals surface area (Å²) in [5, 5.41) is 0. The van der Waals surface area contributed by atoms with Crippen molar-refractivity contribution < 1.29 is 86.0 Å². The molecule has 0 fully saturated rings. The molecule has 86 valence electrons. The van der Waals surface area contributed by atoms with E-state index in [1.165, 1.54) is 0 Å². The summed E-state index contributed by atoms with van der Waals surface area (Å²) in [6.07, 6.45) is 0. The van der Waals surface area contributed by atoms with E-state index in [9.17, 15) is 25.2 Å². The Bertz CT molecular complexity index is 127. The summed E-state index contributed by atoms with van der Waals surface area (Å²) in [7, 11) is -7.35. The Morgan fingerprint density at radius 3 is 1.00 bits per heavy atom. The van der Waals surface area contributed by atoms with Crippen molar-refractivity contribution in [3.8, 4) is 0 Å². The third-order valence-corrected chi connectivity index (χ3v) is 0.492. The Kier molecular flexibility index (Phi) is 9.47. The van der Waals surface area contributed by atoms with Gasteiger partial charge in [-0.25, -0.2) is 0 Å². The zero-order valence-electron chi connectivity index (χ0n) is 7.95. The van der Waals surface area contributed by atoms with Crippen molar-refractivity contribution >= 4 is 7.81 Å². The van der Waals surface area contributed by atoms with Crippen LogP contribution < -0.4 is 51.4 Å². The molecule has 0 aromatic rings. The van der Waals surface area contributed by atoms with Gasteiger partial charge in [-0.05, 0) is 0 Å². The maximum Gasteiger partial charge on any atom is 1.00 e. The summed E-state index contributed by atoms with van der Waals surface area (Å²) in [6.45, 7) is 1.38. The first-order valence-electron chi connectivity index (χ1n) is 2.91. The van der Waals surface area contributed by atoms with Crippen molar-refractivity contribution in [1.82, 2.24) is 0 Å². The summed E-state index contributed by atoms with van der Waals surface area (Å²) in [5.74, 6) is 0. The van der Waals surface area contributed by atoms with Crippen molar-refractivity contribution in [2.45, 2.75) is 0 Å². The third-order valence-electron chi connectivity index (χ3n) is 0.492. The number of hydrogen-bond acceptors (Lipinski definition) is 2. The number of methoxy groups -OCH3 is 2. The van der Waals surface area contributed by atoms with Gasteiger partial charge in [0.05, 0.1) is 13.2 Å². The van der Waals surface area contributed by atoms with Crippen molar-refractivity contribution in [2.75, 3.05) is 27.4 Å². The average molecular weight is 274 g/mol. The molecule has 0 unspecified atom stereocenters. The van der Waals surface area contributed by atoms with Crippen LogP contribution in [0, 0.1) is 0 Å². The van der Waals surface area contributed by atoms with Gasteiger partial charge in [0, 0.05) is 14.2 Å². The second kappa shape index (κ2) is 6.34. The van der Waals surface area contributed by atoms with E-state index in [2.05, 4.69) is 9.47 Å². The van der Waals surface area contributed by atoms with E-state index in [4.69, 9.17) is 0 Å². The van der Waals surface area contributed by atoms with Gasteiger partial charge in [-0.15, -0.1) is 0 Å². The predicted octanol–water partition coefficient (Wildman–Crippen LogP) is 0.666. The van der Waals surface area contributed by atoms with Crippen LogP contribution >= 0.6 is 7.81 Å². The summed E-state index contributed by atoms with van der Waals surface area (Å²) >= 11 is 0. The molecule has 0 aliphatic rings. The zero-order chi connectivity index (χ0) is 11.2. The minimum atomic E-state index is -10.7. The second-order valence-corrected chi connectivity index (χ2v) is 3.86. The molecule has 0 aliphatic heterocycles. The van der Waals surface area contributed by atoms with E-state index in [1.807, 2.05) is 0 Å². The van der Waals surface area contributed by atoms with Crippen LogP contribution in [-0.2, 0) is 9.47 Å². The van der Waals surface area contributed by atoms with Gasteiger partial charge in [-0.1, -0.05) is 0 Å². The Balaban J connectivity index is -0.000000163. The van der Waals surface area contributed by atoms with E-state index in [0.29, 0.717) is 13.2 Å². The van der Waals surface area contributed by atoms with Crippen LogP contribution in [0.1, 0.15) is 0 Å². The van der Waals surface area contributed by atoms with Gasteiger partial charge in [0.25, 0.3) is 0 Å². The third kappa shape index (κ3) is 103. The monoisotopic (exact) mass is 274 g/mol. The molecule has 0 saturated carbocycles. The molecule has 0 heterocycles. The van der Waals surface area contributed by atoms with Crippen LogP contribution in [0.2, 0.25) is 0 Å². The summed E-state index contributed by atoms with van der Waals surface area (Å²) < 4.78 is 68.5. The molecule has 0 radical (unpaired) electrons. The molecule has 10 heteroatoms. The maximum atomic E-state index is 9.87. The summed E-state index contributed by atoms with van der Waals surface area (Å²) in [4.78, 5) is 0. The molecular weight excluding hydrogens is 264 g/mol. The first-order valence-corrected chi connectivity index (χ1v) is 4.94. The Hall–Kier alpha value is 1.57. The van der Waals surface area contributed by atoms with Gasteiger partial charge in [0.1, 0.15) is 0 Å². The van der Waals surface area contributed by atoms with Crippen LogP contribution in [0.4, 0.5) is 25.2 Å². The molecule has 0 rings (SSSR count). The number of ether oxygens (including phenoxy) is 2. The van der Waals surface area contributed by atoms with E-state index in [-0.39, 0.29) is 51.4 Å². The van der Waals surface area contributed by atoms with Gasteiger partial charge in [0.15, 0.2) is 0 Å². The average Bonchev–Trinajstić information content (AvgIpc) is 1.76. The van der Waals surface area contributed by atoms with Crippen molar-refractivity contribution in [3.63, 3.8) is 0 Å². The fourth-order valence-corrected chi connectivity index (χ4v) is 0.167. The van der Waals surface area contributed by atoms with Crippen molar-refractivity contribution in [2.24, 2.45) is 0 Å². The van der Waals surface area contributed by atoms with E-state index >= 15 is 0 Å². The number of halogens is 6. The molecule has 0 aromatic carbocycles. The normalized spacial score (nSPS) is 15.4. The van der Waals surface area contributed by atoms with Crippen LogP contribution in [0.25, 0.3) is 0 Å². The van der Waals surface area contributed by atoms with Crippen LogP contribution in [0.5, 0.6) is 0 Å². The van der Waals surface area contributed by atoms with Crippen LogP contribution in [0.15, 0.2) is 0 Å². The maximum absolute atomic E-state index is 10.7. The standard InChI is InChI=1S/C4H10O2.F6P.K/c1-5-3-4-6-2;1-7(2,3,4,5)6;/h3-4H2,1-2H3;;/q;-1;+1. The van der Waals surface area contributed by atoms with Gasteiger partial charge < -0.3 is 9.47 Å². The molecular formula is C4H10F6KO2P. The quantitative estimate of drug-likeness (QED) is 0.326. The second-order valence-electron chi connectivity index (χ2n) is 1.94. The molecule has 0 saturated heterocycles. The van der Waals surface area contributed by atoms with Crippen molar-refractivity contribution in [1.29, 1.82) is 0 Å². The Labute approximate surface area is 120 Å². The summed E-state index contributed by atoms with van der Waals surface area (Å²) in [6, 6.07) is 0. The van der Waals surface area contributed by atoms with Crippen LogP contribution in [0.3, 0.4) is 0 Å². The van der Waals surface area contributed by atoms with Gasteiger partial charge in [-0.2, -0.15) is 0 Å². The van der Waals surface area contributed by atoms with E-state index in [0.717, 1.165) is 0 Å². The topological polar surface area (TPSA) is 18.5 Å². The predicted molar refractivity (Wildman–Crippen MR) is 37.3 cm³/mol. The van der Waals surface area contributed by atoms with Crippen molar-refractivity contribution in [3.05, 3.63) is 0 Å². The van der Waals surface area contributed by atoms with E-state index in [1.54, 1.807) is 14.2 Å². The van der Waals surface area contributed by atoms with Crippen LogP contribution in [-0.4, -0.2) is 27.4 Å². The Morgan fingerprint density at radius 2 is 0.929 bits per heavy atom. The minimum Gasteiger partial charge on any atom is 1.00 e. The smallest absolute Gasteiger partial charge is 1.00 e.